The van der Waals surface area contributed by atoms with E-state index in [1.54, 1.807) is 13.1 Å². The van der Waals surface area contributed by atoms with Crippen molar-refractivity contribution in [3.05, 3.63) is 29.3 Å². The predicted molar refractivity (Wildman–Crippen MR) is 57.4 cm³/mol. The number of benzene rings is 1. The summed E-state index contributed by atoms with van der Waals surface area (Å²) in [5.41, 5.74) is 5.82. The molecule has 0 fully saturated rings. The molecule has 0 heterocycles. The largest absolute Gasteiger partial charge is 0.507 e. The lowest BCUT2D eigenvalue weighted by Gasteiger charge is -1.99. The molecular weight excluding hydrogens is 192 g/mol. The highest BCUT2D eigenvalue weighted by molar-refractivity contribution is 5.95. The minimum Gasteiger partial charge on any atom is -0.507 e. The van der Waals surface area contributed by atoms with Crippen LogP contribution in [0.1, 0.15) is 15.9 Å². The summed E-state index contributed by atoms with van der Waals surface area (Å²) in [5.74, 6) is 4.89. The van der Waals surface area contributed by atoms with Gasteiger partial charge in [-0.15, -0.1) is 0 Å². The first kappa shape index (κ1) is 11.1. The van der Waals surface area contributed by atoms with Crippen LogP contribution in [0, 0.1) is 11.8 Å². The van der Waals surface area contributed by atoms with E-state index in [1.807, 2.05) is 0 Å². The standard InChI is InChI=1S/C11H12N2O2/c1-13-6-2-3-8-4-5-10(14)9(7-8)11(12)15/h4-5,7,13-14H,6H2,1H3,(H2,12,15). The van der Waals surface area contributed by atoms with Gasteiger partial charge >= 0.3 is 0 Å². The molecule has 4 nitrogen and oxygen atoms in total. The number of rotatable bonds is 2. The molecule has 0 atom stereocenters. The van der Waals surface area contributed by atoms with Gasteiger partial charge in [-0.3, -0.25) is 4.79 Å². The summed E-state index contributed by atoms with van der Waals surface area (Å²) in [6.45, 7) is 0.562. The van der Waals surface area contributed by atoms with Gasteiger partial charge in [0.2, 0.25) is 0 Å². The van der Waals surface area contributed by atoms with Gasteiger partial charge in [0, 0.05) is 5.56 Å². The fourth-order valence-corrected chi connectivity index (χ4v) is 1.05. The zero-order valence-corrected chi connectivity index (χ0v) is 8.37. The molecule has 1 rings (SSSR count). The summed E-state index contributed by atoms with van der Waals surface area (Å²) in [7, 11) is 1.79. The van der Waals surface area contributed by atoms with Crippen molar-refractivity contribution in [3.63, 3.8) is 0 Å². The van der Waals surface area contributed by atoms with Crippen molar-refractivity contribution in [2.75, 3.05) is 13.6 Å². The lowest BCUT2D eigenvalue weighted by atomic mass is 10.1. The molecule has 0 bridgehead atoms. The third-order valence-electron chi connectivity index (χ3n) is 1.76. The molecule has 78 valence electrons. The number of hydrogen-bond acceptors (Lipinski definition) is 3. The highest BCUT2D eigenvalue weighted by atomic mass is 16.3. The fourth-order valence-electron chi connectivity index (χ4n) is 1.05. The number of nitrogens with one attached hydrogen (secondary N) is 1. The van der Waals surface area contributed by atoms with E-state index in [-0.39, 0.29) is 11.3 Å². The van der Waals surface area contributed by atoms with E-state index in [9.17, 15) is 9.90 Å². The molecule has 4 N–H and O–H groups in total. The second-order valence-corrected chi connectivity index (χ2v) is 2.93. The Morgan fingerprint density at radius 3 is 2.93 bits per heavy atom. The Hall–Kier alpha value is -1.99. The van der Waals surface area contributed by atoms with Crippen molar-refractivity contribution in [2.45, 2.75) is 0 Å². The minimum absolute atomic E-state index is 0.0891. The molecule has 0 aliphatic rings. The highest BCUT2D eigenvalue weighted by Crippen LogP contribution is 2.17. The summed E-state index contributed by atoms with van der Waals surface area (Å²) in [6.07, 6.45) is 0. The monoisotopic (exact) mass is 204 g/mol. The highest BCUT2D eigenvalue weighted by Gasteiger charge is 2.06. The summed E-state index contributed by atoms with van der Waals surface area (Å²) in [5, 5.41) is 12.2. The number of aromatic hydroxyl groups is 1. The van der Waals surface area contributed by atoms with E-state index in [0.29, 0.717) is 12.1 Å². The Balaban J connectivity index is 2.99. The molecule has 0 saturated heterocycles. The number of amides is 1. The molecule has 0 aliphatic carbocycles. The molecule has 0 aromatic heterocycles. The molecule has 4 heteroatoms. The van der Waals surface area contributed by atoms with E-state index in [1.165, 1.54) is 12.1 Å². The van der Waals surface area contributed by atoms with Gasteiger partial charge in [-0.05, 0) is 25.2 Å². The first-order chi connectivity index (χ1) is 7.15. The maximum Gasteiger partial charge on any atom is 0.252 e. The number of nitrogens with two attached hydrogens (primary N) is 1. The molecule has 0 spiro atoms. The summed E-state index contributed by atoms with van der Waals surface area (Å²) in [6, 6.07) is 4.51. The van der Waals surface area contributed by atoms with Crippen LogP contribution in [0.5, 0.6) is 5.75 Å². The van der Waals surface area contributed by atoms with Crippen molar-refractivity contribution < 1.29 is 9.90 Å². The zero-order valence-electron chi connectivity index (χ0n) is 8.37. The Kier molecular flexibility index (Phi) is 3.72. The van der Waals surface area contributed by atoms with Crippen molar-refractivity contribution in [2.24, 2.45) is 5.73 Å². The SMILES string of the molecule is CNCC#Cc1ccc(O)c(C(N)=O)c1. The van der Waals surface area contributed by atoms with Crippen LogP contribution in [0.15, 0.2) is 18.2 Å². The molecule has 0 aliphatic heterocycles. The quantitative estimate of drug-likeness (QED) is 0.596. The normalized spacial score (nSPS) is 9.13. The van der Waals surface area contributed by atoms with Crippen LogP contribution in [0.3, 0.4) is 0 Å². The first-order valence-corrected chi connectivity index (χ1v) is 4.41. The van der Waals surface area contributed by atoms with Crippen LogP contribution >= 0.6 is 0 Å². The number of hydrogen-bond donors (Lipinski definition) is 3. The summed E-state index contributed by atoms with van der Waals surface area (Å²) in [4.78, 5) is 10.9. The molecule has 0 saturated carbocycles. The third kappa shape index (κ3) is 3.01. The molecule has 1 amide bonds. The van der Waals surface area contributed by atoms with Crippen LogP contribution in [0.2, 0.25) is 0 Å². The van der Waals surface area contributed by atoms with Gasteiger partial charge in [0.05, 0.1) is 12.1 Å². The number of carbonyl (C=O) groups is 1. The van der Waals surface area contributed by atoms with Crippen LogP contribution in [-0.2, 0) is 0 Å². The van der Waals surface area contributed by atoms with Gasteiger partial charge in [0.15, 0.2) is 0 Å². The van der Waals surface area contributed by atoms with Crippen LogP contribution < -0.4 is 11.1 Å². The third-order valence-corrected chi connectivity index (χ3v) is 1.76. The number of carbonyl (C=O) groups excluding carboxylic acids is 1. The van der Waals surface area contributed by atoms with Gasteiger partial charge in [-0.1, -0.05) is 11.8 Å². The van der Waals surface area contributed by atoms with Gasteiger partial charge < -0.3 is 16.2 Å². The molecular formula is C11H12N2O2. The van der Waals surface area contributed by atoms with Gasteiger partial charge in [0.25, 0.3) is 5.91 Å². The first-order valence-electron chi connectivity index (χ1n) is 4.41. The average molecular weight is 204 g/mol. The fraction of sp³-hybridized carbons (Fsp3) is 0.182. The van der Waals surface area contributed by atoms with Crippen LogP contribution in [0.25, 0.3) is 0 Å². The number of primary amides is 1. The molecule has 15 heavy (non-hydrogen) atoms. The van der Waals surface area contributed by atoms with Crippen LogP contribution in [0.4, 0.5) is 0 Å². The van der Waals surface area contributed by atoms with Gasteiger partial charge in [0.1, 0.15) is 5.75 Å². The maximum atomic E-state index is 10.9. The van der Waals surface area contributed by atoms with E-state index >= 15 is 0 Å². The van der Waals surface area contributed by atoms with E-state index in [4.69, 9.17) is 5.73 Å². The van der Waals surface area contributed by atoms with E-state index < -0.39 is 5.91 Å². The molecule has 0 radical (unpaired) electrons. The van der Waals surface area contributed by atoms with Crippen molar-refractivity contribution in [1.82, 2.24) is 5.32 Å². The topological polar surface area (TPSA) is 75.3 Å². The van der Waals surface area contributed by atoms with Crippen LogP contribution in [-0.4, -0.2) is 24.6 Å². The lowest BCUT2D eigenvalue weighted by molar-refractivity contribution is 0.0997. The van der Waals surface area contributed by atoms with Gasteiger partial charge in [-0.25, -0.2) is 0 Å². The van der Waals surface area contributed by atoms with Crippen molar-refractivity contribution in [1.29, 1.82) is 0 Å². The smallest absolute Gasteiger partial charge is 0.252 e. The molecule has 1 aromatic rings. The van der Waals surface area contributed by atoms with Gasteiger partial charge in [-0.2, -0.15) is 0 Å². The lowest BCUT2D eigenvalue weighted by Crippen LogP contribution is -2.11. The number of phenols is 1. The second kappa shape index (κ2) is 5.03. The van der Waals surface area contributed by atoms with E-state index in [0.717, 1.165) is 0 Å². The molecule has 0 unspecified atom stereocenters. The Morgan fingerprint density at radius 1 is 1.60 bits per heavy atom. The predicted octanol–water partition coefficient (Wildman–Crippen LogP) is 0.0620. The minimum atomic E-state index is -0.662. The average Bonchev–Trinajstić information content (AvgIpc) is 2.20. The maximum absolute atomic E-state index is 10.9. The Morgan fingerprint density at radius 2 is 2.33 bits per heavy atom. The summed E-state index contributed by atoms with van der Waals surface area (Å²) < 4.78 is 0. The Labute approximate surface area is 88.1 Å². The van der Waals surface area contributed by atoms with E-state index in [2.05, 4.69) is 17.2 Å². The Bertz CT molecular complexity index is 430. The summed E-state index contributed by atoms with van der Waals surface area (Å²) >= 11 is 0. The molecule has 1 aromatic carbocycles. The second-order valence-electron chi connectivity index (χ2n) is 2.93. The zero-order chi connectivity index (χ0) is 11.3. The van der Waals surface area contributed by atoms with Crippen molar-refractivity contribution >= 4 is 5.91 Å². The van der Waals surface area contributed by atoms with Crippen molar-refractivity contribution in [3.8, 4) is 17.6 Å².